The van der Waals surface area contributed by atoms with Gasteiger partial charge in [-0.05, 0) is 68.5 Å². The molecule has 2 aromatic rings. The number of nitrogens with two attached hydrogens (primary N) is 1. The summed E-state index contributed by atoms with van der Waals surface area (Å²) >= 11 is 0. The summed E-state index contributed by atoms with van der Waals surface area (Å²) in [5, 5.41) is 3.99. The number of pyridine rings is 1. The van der Waals surface area contributed by atoms with Gasteiger partial charge in [0.05, 0.1) is 6.61 Å². The molecule has 0 unspecified atom stereocenters. The van der Waals surface area contributed by atoms with E-state index in [2.05, 4.69) is 35.0 Å². The van der Waals surface area contributed by atoms with E-state index in [4.69, 9.17) is 15.3 Å². The van der Waals surface area contributed by atoms with E-state index in [1.54, 1.807) is 6.20 Å². The highest BCUT2D eigenvalue weighted by Gasteiger charge is 2.12. The normalized spacial score (nSPS) is 14.8. The maximum absolute atomic E-state index is 6.00. The van der Waals surface area contributed by atoms with Gasteiger partial charge in [-0.2, -0.15) is 0 Å². The number of aryl methyl sites for hydroxylation is 2. The molecule has 0 spiro atoms. The number of benzene rings is 1. The molecule has 2 N–H and O–H groups in total. The SMILES string of the molecule is Cc1ccc(OCCCO/N=C(\N)c2ccc(N3CCCCC3)nc2)cc1C. The van der Waals surface area contributed by atoms with E-state index in [9.17, 15) is 0 Å². The lowest BCUT2D eigenvalue weighted by Crippen LogP contribution is -2.30. The zero-order valence-electron chi connectivity index (χ0n) is 16.9. The van der Waals surface area contributed by atoms with E-state index in [0.717, 1.165) is 36.6 Å². The smallest absolute Gasteiger partial charge is 0.171 e. The van der Waals surface area contributed by atoms with E-state index in [1.807, 2.05) is 24.3 Å². The summed E-state index contributed by atoms with van der Waals surface area (Å²) in [4.78, 5) is 12.2. The molecular formula is C22H30N4O2. The van der Waals surface area contributed by atoms with Crippen LogP contribution in [0.2, 0.25) is 0 Å². The van der Waals surface area contributed by atoms with E-state index in [1.165, 1.54) is 30.4 Å². The standard InChI is InChI=1S/C22H30N4O2/c1-17-7-9-20(15-18(17)2)27-13-6-14-28-25-22(23)19-8-10-21(24-16-19)26-11-4-3-5-12-26/h7-10,15-16H,3-6,11-14H2,1-2H3,(H2,23,25). The molecule has 3 rings (SSSR count). The molecule has 28 heavy (non-hydrogen) atoms. The second kappa shape index (κ2) is 9.97. The fourth-order valence-corrected chi connectivity index (χ4v) is 3.13. The zero-order chi connectivity index (χ0) is 19.8. The monoisotopic (exact) mass is 382 g/mol. The van der Waals surface area contributed by atoms with E-state index in [0.29, 0.717) is 19.0 Å². The molecule has 0 atom stereocenters. The van der Waals surface area contributed by atoms with Gasteiger partial charge in [0.25, 0.3) is 0 Å². The lowest BCUT2D eigenvalue weighted by atomic mass is 10.1. The quantitative estimate of drug-likeness (QED) is 0.325. The Kier molecular flexibility index (Phi) is 7.12. The van der Waals surface area contributed by atoms with Gasteiger partial charge >= 0.3 is 0 Å². The molecule has 1 fully saturated rings. The van der Waals surface area contributed by atoms with Gasteiger partial charge in [-0.25, -0.2) is 4.98 Å². The Morgan fingerprint density at radius 1 is 1.07 bits per heavy atom. The van der Waals surface area contributed by atoms with Crippen molar-refractivity contribution in [1.82, 2.24) is 4.98 Å². The van der Waals surface area contributed by atoms with Crippen molar-refractivity contribution in [2.45, 2.75) is 39.5 Å². The highest BCUT2D eigenvalue weighted by Crippen LogP contribution is 2.18. The van der Waals surface area contributed by atoms with Crippen LogP contribution in [-0.2, 0) is 4.84 Å². The molecule has 0 saturated carbocycles. The summed E-state index contributed by atoms with van der Waals surface area (Å²) in [6.07, 6.45) is 6.26. The number of amidine groups is 1. The predicted molar refractivity (Wildman–Crippen MR) is 113 cm³/mol. The maximum atomic E-state index is 6.00. The predicted octanol–water partition coefficient (Wildman–Crippen LogP) is 3.79. The number of hydrogen-bond donors (Lipinski definition) is 1. The van der Waals surface area contributed by atoms with E-state index in [-0.39, 0.29) is 0 Å². The van der Waals surface area contributed by atoms with E-state index >= 15 is 0 Å². The van der Waals surface area contributed by atoms with Gasteiger partial charge in [0.15, 0.2) is 5.84 Å². The first kappa shape index (κ1) is 20.0. The number of rotatable bonds is 8. The van der Waals surface area contributed by atoms with Crippen molar-refractivity contribution in [2.75, 3.05) is 31.2 Å². The second-order valence-electron chi connectivity index (χ2n) is 7.21. The van der Waals surface area contributed by atoms with Gasteiger partial charge in [-0.1, -0.05) is 11.2 Å². The number of oxime groups is 1. The van der Waals surface area contributed by atoms with Gasteiger partial charge < -0.3 is 20.2 Å². The number of anilines is 1. The average Bonchev–Trinajstić information content (AvgIpc) is 2.73. The number of ether oxygens (including phenoxy) is 1. The maximum Gasteiger partial charge on any atom is 0.171 e. The third-order valence-corrected chi connectivity index (χ3v) is 5.01. The Hall–Kier alpha value is -2.76. The Bertz CT molecular complexity index is 784. The molecule has 0 radical (unpaired) electrons. The van der Waals surface area contributed by atoms with Crippen molar-refractivity contribution in [1.29, 1.82) is 0 Å². The highest BCUT2D eigenvalue weighted by atomic mass is 16.6. The zero-order valence-corrected chi connectivity index (χ0v) is 16.9. The van der Waals surface area contributed by atoms with Gasteiger partial charge in [0.1, 0.15) is 18.2 Å². The Balaban J connectivity index is 1.39. The Labute approximate surface area is 167 Å². The molecule has 6 heteroatoms. The molecule has 0 aliphatic carbocycles. The molecule has 1 aromatic carbocycles. The fourth-order valence-electron chi connectivity index (χ4n) is 3.13. The molecular weight excluding hydrogens is 352 g/mol. The summed E-state index contributed by atoms with van der Waals surface area (Å²) in [7, 11) is 0. The largest absolute Gasteiger partial charge is 0.493 e. The molecule has 150 valence electrons. The van der Waals surface area contributed by atoms with Crippen molar-refractivity contribution in [3.05, 3.63) is 53.2 Å². The summed E-state index contributed by atoms with van der Waals surface area (Å²) < 4.78 is 5.73. The van der Waals surface area contributed by atoms with Crippen LogP contribution in [0.4, 0.5) is 5.82 Å². The van der Waals surface area contributed by atoms with Crippen LogP contribution >= 0.6 is 0 Å². The highest BCUT2D eigenvalue weighted by molar-refractivity contribution is 5.96. The molecule has 1 aliphatic heterocycles. The molecule has 0 bridgehead atoms. The van der Waals surface area contributed by atoms with Gasteiger partial charge in [-0.3, -0.25) is 0 Å². The Morgan fingerprint density at radius 2 is 1.89 bits per heavy atom. The van der Waals surface area contributed by atoms with Gasteiger partial charge in [-0.15, -0.1) is 0 Å². The minimum Gasteiger partial charge on any atom is -0.493 e. The van der Waals surface area contributed by atoms with Crippen molar-refractivity contribution in [3.8, 4) is 5.75 Å². The van der Waals surface area contributed by atoms with Crippen LogP contribution in [0.3, 0.4) is 0 Å². The minimum absolute atomic E-state index is 0.341. The van der Waals surface area contributed by atoms with Crippen molar-refractivity contribution in [2.24, 2.45) is 10.9 Å². The van der Waals surface area contributed by atoms with Crippen LogP contribution in [0, 0.1) is 13.8 Å². The van der Waals surface area contributed by atoms with Gasteiger partial charge in [0, 0.05) is 31.3 Å². The molecule has 1 aliphatic rings. The van der Waals surface area contributed by atoms with E-state index < -0.39 is 0 Å². The fraction of sp³-hybridized carbons (Fsp3) is 0.455. The number of nitrogens with zero attached hydrogens (tertiary/aromatic N) is 3. The molecule has 2 heterocycles. The lowest BCUT2D eigenvalue weighted by molar-refractivity contribution is 0.127. The number of aromatic nitrogens is 1. The first-order chi connectivity index (χ1) is 13.6. The third-order valence-electron chi connectivity index (χ3n) is 5.01. The second-order valence-corrected chi connectivity index (χ2v) is 7.21. The molecule has 1 aromatic heterocycles. The van der Waals surface area contributed by atoms with Crippen molar-refractivity contribution < 1.29 is 9.57 Å². The Morgan fingerprint density at radius 3 is 2.61 bits per heavy atom. The number of piperidine rings is 1. The van der Waals surface area contributed by atoms with Crippen molar-refractivity contribution in [3.63, 3.8) is 0 Å². The van der Waals surface area contributed by atoms with Crippen LogP contribution in [-0.4, -0.2) is 37.1 Å². The van der Waals surface area contributed by atoms with Crippen LogP contribution in [0.5, 0.6) is 5.75 Å². The van der Waals surface area contributed by atoms with Crippen LogP contribution in [0.25, 0.3) is 0 Å². The van der Waals surface area contributed by atoms with Crippen LogP contribution in [0.15, 0.2) is 41.7 Å². The first-order valence-electron chi connectivity index (χ1n) is 10.0. The van der Waals surface area contributed by atoms with Crippen molar-refractivity contribution >= 4 is 11.7 Å². The summed E-state index contributed by atoms with van der Waals surface area (Å²) in [6, 6.07) is 10.0. The van der Waals surface area contributed by atoms with Crippen LogP contribution < -0.4 is 15.4 Å². The average molecular weight is 383 g/mol. The third kappa shape index (κ3) is 5.62. The lowest BCUT2D eigenvalue weighted by Gasteiger charge is -2.27. The molecule has 6 nitrogen and oxygen atoms in total. The van der Waals surface area contributed by atoms with Gasteiger partial charge in [0.2, 0.25) is 0 Å². The number of hydrogen-bond acceptors (Lipinski definition) is 5. The molecule has 1 saturated heterocycles. The van der Waals surface area contributed by atoms with Crippen LogP contribution in [0.1, 0.15) is 42.4 Å². The summed E-state index contributed by atoms with van der Waals surface area (Å²) in [5.74, 6) is 2.22. The summed E-state index contributed by atoms with van der Waals surface area (Å²) in [6.45, 7) is 7.34. The summed E-state index contributed by atoms with van der Waals surface area (Å²) in [5.41, 5.74) is 9.26. The first-order valence-corrected chi connectivity index (χ1v) is 10.0. The topological polar surface area (TPSA) is 73.0 Å². The minimum atomic E-state index is 0.341. The molecule has 0 amide bonds.